The number of carbonyl (C=O) groups is 3. The summed E-state index contributed by atoms with van der Waals surface area (Å²) in [5.41, 5.74) is 1.76. The van der Waals surface area contributed by atoms with E-state index in [1.807, 2.05) is 13.0 Å². The van der Waals surface area contributed by atoms with Gasteiger partial charge in [0.25, 0.3) is 0 Å². The summed E-state index contributed by atoms with van der Waals surface area (Å²) in [6.45, 7) is 2.40. The van der Waals surface area contributed by atoms with Crippen LogP contribution in [0.25, 0.3) is 0 Å². The molecule has 0 bridgehead atoms. The van der Waals surface area contributed by atoms with Crippen molar-refractivity contribution >= 4 is 23.5 Å². The molecule has 2 aromatic carbocycles. The van der Waals surface area contributed by atoms with Crippen LogP contribution in [0, 0.1) is 0 Å². The molecule has 1 aliphatic rings. The third-order valence-electron chi connectivity index (χ3n) is 4.32. The molecule has 1 amide bonds. The Morgan fingerprint density at radius 2 is 1.85 bits per heavy atom. The molecule has 0 unspecified atom stereocenters. The summed E-state index contributed by atoms with van der Waals surface area (Å²) in [5.74, 6) is -1.47. The second-order valence-electron chi connectivity index (χ2n) is 6.33. The minimum atomic E-state index is -0.659. The summed E-state index contributed by atoms with van der Waals surface area (Å²) in [7, 11) is 0. The van der Waals surface area contributed by atoms with E-state index in [-0.39, 0.29) is 12.3 Å². The molecule has 0 aromatic heterocycles. The van der Waals surface area contributed by atoms with Crippen LogP contribution in [0.4, 0.5) is 5.69 Å². The monoisotopic (exact) mass is 367 g/mol. The largest absolute Gasteiger partial charge is 0.462 e. The lowest BCUT2D eigenvalue weighted by atomic mass is 9.91. The summed E-state index contributed by atoms with van der Waals surface area (Å²) >= 11 is 0. The lowest BCUT2D eigenvalue weighted by Gasteiger charge is -2.24. The van der Waals surface area contributed by atoms with Gasteiger partial charge in [-0.15, -0.1) is 0 Å². The summed E-state index contributed by atoms with van der Waals surface area (Å²) < 4.78 is 10.6. The standard InChI is InChI=1S/C21H21NO5/c1-2-3-12-26-20(24)14-8-10-15(11-9-14)27-21(25)17-13-19(23)22-18-7-5-4-6-16(17)18/h4-11,17H,2-3,12-13H2,1H3,(H,22,23)/t17-/m0/s1. The van der Waals surface area contributed by atoms with Gasteiger partial charge in [0, 0.05) is 12.1 Å². The fourth-order valence-corrected chi connectivity index (χ4v) is 2.86. The molecule has 1 heterocycles. The van der Waals surface area contributed by atoms with Gasteiger partial charge in [-0.1, -0.05) is 31.5 Å². The Labute approximate surface area is 157 Å². The van der Waals surface area contributed by atoms with Crippen LogP contribution in [0.2, 0.25) is 0 Å². The first-order chi connectivity index (χ1) is 13.1. The SMILES string of the molecule is CCCCOC(=O)c1ccc(OC(=O)[C@H]2CC(=O)Nc3ccccc32)cc1. The maximum Gasteiger partial charge on any atom is 0.338 e. The van der Waals surface area contributed by atoms with Crippen LogP contribution < -0.4 is 10.1 Å². The number of para-hydroxylation sites is 1. The van der Waals surface area contributed by atoms with E-state index in [0.29, 0.717) is 23.6 Å². The first-order valence-corrected chi connectivity index (χ1v) is 8.96. The number of carbonyl (C=O) groups excluding carboxylic acids is 3. The Bertz CT molecular complexity index is 844. The average Bonchev–Trinajstić information content (AvgIpc) is 2.68. The Morgan fingerprint density at radius 1 is 1.11 bits per heavy atom. The second-order valence-corrected chi connectivity index (χ2v) is 6.33. The van der Waals surface area contributed by atoms with Crippen LogP contribution >= 0.6 is 0 Å². The zero-order valence-electron chi connectivity index (χ0n) is 15.1. The topological polar surface area (TPSA) is 81.7 Å². The van der Waals surface area contributed by atoms with Gasteiger partial charge in [-0.25, -0.2) is 4.79 Å². The Kier molecular flexibility index (Phi) is 5.86. The van der Waals surface area contributed by atoms with Gasteiger partial charge >= 0.3 is 11.9 Å². The second kappa shape index (κ2) is 8.49. The van der Waals surface area contributed by atoms with Gasteiger partial charge in [-0.05, 0) is 42.3 Å². The van der Waals surface area contributed by atoms with E-state index >= 15 is 0 Å². The van der Waals surface area contributed by atoms with Crippen LogP contribution in [0.5, 0.6) is 5.75 Å². The summed E-state index contributed by atoms with van der Waals surface area (Å²) in [6, 6.07) is 13.4. The van der Waals surface area contributed by atoms with Crippen molar-refractivity contribution in [2.24, 2.45) is 0 Å². The van der Waals surface area contributed by atoms with E-state index < -0.39 is 17.9 Å². The first-order valence-electron chi connectivity index (χ1n) is 8.96. The average molecular weight is 367 g/mol. The van der Waals surface area contributed by atoms with Gasteiger partial charge < -0.3 is 14.8 Å². The number of hydrogen-bond donors (Lipinski definition) is 1. The summed E-state index contributed by atoms with van der Waals surface area (Å²) in [5, 5.41) is 2.75. The molecule has 2 aromatic rings. The molecule has 27 heavy (non-hydrogen) atoms. The van der Waals surface area contributed by atoms with Gasteiger partial charge in [0.2, 0.25) is 5.91 Å². The minimum absolute atomic E-state index is 0.0394. The Morgan fingerprint density at radius 3 is 2.59 bits per heavy atom. The molecule has 140 valence electrons. The minimum Gasteiger partial charge on any atom is -0.462 e. The van der Waals surface area contributed by atoms with Crippen molar-refractivity contribution in [2.45, 2.75) is 32.1 Å². The highest BCUT2D eigenvalue weighted by atomic mass is 16.5. The van der Waals surface area contributed by atoms with Gasteiger partial charge in [0.1, 0.15) is 5.75 Å². The lowest BCUT2D eigenvalue weighted by Crippen LogP contribution is -2.29. The number of benzene rings is 2. The van der Waals surface area contributed by atoms with Crippen LogP contribution in [0.15, 0.2) is 48.5 Å². The van der Waals surface area contributed by atoms with Gasteiger partial charge in [-0.2, -0.15) is 0 Å². The molecule has 1 N–H and O–H groups in total. The molecule has 6 heteroatoms. The zero-order valence-corrected chi connectivity index (χ0v) is 15.1. The van der Waals surface area contributed by atoms with Crippen LogP contribution in [-0.2, 0) is 14.3 Å². The highest BCUT2D eigenvalue weighted by molar-refractivity contribution is 6.00. The van der Waals surface area contributed by atoms with E-state index in [9.17, 15) is 14.4 Å². The Balaban J connectivity index is 1.66. The number of ether oxygens (including phenoxy) is 2. The van der Waals surface area contributed by atoms with Crippen molar-refractivity contribution < 1.29 is 23.9 Å². The molecule has 0 fully saturated rings. The molecule has 0 spiro atoms. The number of hydrogen-bond acceptors (Lipinski definition) is 5. The summed E-state index contributed by atoms with van der Waals surface area (Å²) in [6.07, 6.45) is 1.81. The first kappa shape index (κ1) is 18.6. The molecule has 3 rings (SSSR count). The molecule has 0 radical (unpaired) electrons. The van der Waals surface area contributed by atoms with Gasteiger partial charge in [0.15, 0.2) is 0 Å². The maximum atomic E-state index is 12.6. The number of rotatable bonds is 6. The normalized spacial score (nSPS) is 15.4. The third kappa shape index (κ3) is 4.53. The number of unbranched alkanes of at least 4 members (excludes halogenated alkanes) is 1. The molecule has 0 aliphatic carbocycles. The predicted octanol–water partition coefficient (Wildman–Crippen LogP) is 3.67. The molecule has 0 saturated carbocycles. The van der Waals surface area contributed by atoms with Gasteiger partial charge in [0.05, 0.1) is 18.1 Å². The van der Waals surface area contributed by atoms with Crippen molar-refractivity contribution in [3.05, 3.63) is 59.7 Å². The zero-order chi connectivity index (χ0) is 19.2. The molecule has 1 atom stereocenters. The van der Waals surface area contributed by atoms with Crippen LogP contribution in [0.1, 0.15) is 48.0 Å². The van der Waals surface area contributed by atoms with Crippen molar-refractivity contribution in [2.75, 3.05) is 11.9 Å². The third-order valence-corrected chi connectivity index (χ3v) is 4.32. The van der Waals surface area contributed by atoms with E-state index in [2.05, 4.69) is 5.32 Å². The van der Waals surface area contributed by atoms with Crippen molar-refractivity contribution in [3.8, 4) is 5.75 Å². The Hall–Kier alpha value is -3.15. The fourth-order valence-electron chi connectivity index (χ4n) is 2.86. The maximum absolute atomic E-state index is 12.6. The van der Waals surface area contributed by atoms with Crippen molar-refractivity contribution in [1.82, 2.24) is 0 Å². The highest BCUT2D eigenvalue weighted by Gasteiger charge is 2.31. The van der Waals surface area contributed by atoms with E-state index in [4.69, 9.17) is 9.47 Å². The highest BCUT2D eigenvalue weighted by Crippen LogP contribution is 2.33. The summed E-state index contributed by atoms with van der Waals surface area (Å²) in [4.78, 5) is 36.3. The van der Waals surface area contributed by atoms with E-state index in [0.717, 1.165) is 18.4 Å². The number of fused-ring (bicyclic) bond motifs is 1. The molecule has 6 nitrogen and oxygen atoms in total. The molecule has 0 saturated heterocycles. The molecular formula is C21H21NO5. The number of esters is 2. The van der Waals surface area contributed by atoms with Crippen molar-refractivity contribution in [1.29, 1.82) is 0 Å². The quantitative estimate of drug-likeness (QED) is 0.478. The van der Waals surface area contributed by atoms with E-state index in [1.165, 1.54) is 0 Å². The van der Waals surface area contributed by atoms with Crippen LogP contribution in [-0.4, -0.2) is 24.5 Å². The number of amides is 1. The smallest absolute Gasteiger partial charge is 0.338 e. The molecule has 1 aliphatic heterocycles. The number of nitrogens with one attached hydrogen (secondary N) is 1. The predicted molar refractivity (Wildman–Crippen MR) is 99.7 cm³/mol. The van der Waals surface area contributed by atoms with E-state index in [1.54, 1.807) is 42.5 Å². The lowest BCUT2D eigenvalue weighted by molar-refractivity contribution is -0.138. The number of anilines is 1. The molecular weight excluding hydrogens is 346 g/mol. The fraction of sp³-hybridized carbons (Fsp3) is 0.286. The van der Waals surface area contributed by atoms with Crippen LogP contribution in [0.3, 0.4) is 0 Å². The van der Waals surface area contributed by atoms with Gasteiger partial charge in [-0.3, -0.25) is 9.59 Å². The van der Waals surface area contributed by atoms with Crippen molar-refractivity contribution in [3.63, 3.8) is 0 Å².